The van der Waals surface area contributed by atoms with Gasteiger partial charge in [0.15, 0.2) is 10.8 Å². The molecular formula is C24H21F3N6OS. The molecule has 0 atom stereocenters. The van der Waals surface area contributed by atoms with Gasteiger partial charge in [-0.25, -0.2) is 0 Å². The predicted octanol–water partition coefficient (Wildman–Crippen LogP) is 5.67. The highest BCUT2D eigenvalue weighted by Crippen LogP contribution is 2.38. The SMILES string of the molecule is Cc1nn(C)c2nc(Oc3ccc(C=NN=C(N)SCc4ccccc4)cc3)cc(C(F)(F)F)c12. The smallest absolute Gasteiger partial charge is 0.417 e. The number of aromatic nitrogens is 3. The molecule has 0 unspecified atom stereocenters. The highest BCUT2D eigenvalue weighted by molar-refractivity contribution is 8.13. The molecule has 35 heavy (non-hydrogen) atoms. The van der Waals surface area contributed by atoms with Crippen molar-refractivity contribution >= 4 is 34.2 Å². The van der Waals surface area contributed by atoms with Crippen LogP contribution in [0.3, 0.4) is 0 Å². The van der Waals surface area contributed by atoms with E-state index in [4.69, 9.17) is 10.5 Å². The number of fused-ring (bicyclic) bond motifs is 1. The maximum absolute atomic E-state index is 13.6. The molecule has 0 saturated heterocycles. The minimum atomic E-state index is -4.57. The van der Waals surface area contributed by atoms with E-state index in [0.29, 0.717) is 22.2 Å². The monoisotopic (exact) mass is 498 g/mol. The summed E-state index contributed by atoms with van der Waals surface area (Å²) in [5.74, 6) is 0.830. The van der Waals surface area contributed by atoms with Gasteiger partial charge in [0.25, 0.3) is 0 Å². The molecule has 0 amide bonds. The Morgan fingerprint density at radius 3 is 2.54 bits per heavy atom. The molecule has 0 aliphatic rings. The molecule has 2 aromatic heterocycles. The molecule has 0 aliphatic carbocycles. The zero-order valence-electron chi connectivity index (χ0n) is 18.8. The zero-order chi connectivity index (χ0) is 25.0. The lowest BCUT2D eigenvalue weighted by Crippen LogP contribution is -2.07. The molecular weight excluding hydrogens is 477 g/mol. The van der Waals surface area contributed by atoms with Crippen LogP contribution in [0.1, 0.15) is 22.4 Å². The van der Waals surface area contributed by atoms with Gasteiger partial charge in [-0.2, -0.15) is 28.4 Å². The van der Waals surface area contributed by atoms with E-state index in [1.807, 2.05) is 30.3 Å². The van der Waals surface area contributed by atoms with Gasteiger partial charge in [0, 0.05) is 18.9 Å². The summed E-state index contributed by atoms with van der Waals surface area (Å²) in [7, 11) is 1.54. The van der Waals surface area contributed by atoms with Crippen LogP contribution in [0.5, 0.6) is 11.6 Å². The van der Waals surface area contributed by atoms with Crippen LogP contribution in [0.2, 0.25) is 0 Å². The lowest BCUT2D eigenvalue weighted by atomic mass is 10.1. The van der Waals surface area contributed by atoms with Crippen LogP contribution in [0.4, 0.5) is 13.2 Å². The van der Waals surface area contributed by atoms with Crippen molar-refractivity contribution in [3.63, 3.8) is 0 Å². The number of pyridine rings is 1. The molecule has 180 valence electrons. The van der Waals surface area contributed by atoms with Crippen LogP contribution < -0.4 is 10.5 Å². The number of nitrogens with two attached hydrogens (primary N) is 1. The first-order chi connectivity index (χ1) is 16.7. The van der Waals surface area contributed by atoms with E-state index in [1.54, 1.807) is 24.3 Å². The number of halogens is 3. The third-order valence-electron chi connectivity index (χ3n) is 4.95. The first-order valence-corrected chi connectivity index (χ1v) is 11.4. The van der Waals surface area contributed by atoms with Crippen molar-refractivity contribution in [2.45, 2.75) is 18.9 Å². The minimum absolute atomic E-state index is 0.0410. The van der Waals surface area contributed by atoms with E-state index in [0.717, 1.165) is 11.6 Å². The molecule has 0 radical (unpaired) electrons. The van der Waals surface area contributed by atoms with Crippen molar-refractivity contribution in [1.82, 2.24) is 14.8 Å². The topological polar surface area (TPSA) is 90.7 Å². The van der Waals surface area contributed by atoms with E-state index in [1.165, 1.54) is 36.6 Å². The third kappa shape index (κ3) is 5.99. The van der Waals surface area contributed by atoms with E-state index < -0.39 is 11.7 Å². The van der Waals surface area contributed by atoms with Gasteiger partial charge in [-0.3, -0.25) is 4.68 Å². The summed E-state index contributed by atoms with van der Waals surface area (Å²) in [5, 5.41) is 12.3. The Hall–Kier alpha value is -3.86. The van der Waals surface area contributed by atoms with Crippen LogP contribution in [0.15, 0.2) is 70.9 Å². The fourth-order valence-electron chi connectivity index (χ4n) is 3.35. The number of aryl methyl sites for hydroxylation is 2. The van der Waals surface area contributed by atoms with Crippen molar-refractivity contribution in [1.29, 1.82) is 0 Å². The molecule has 2 N–H and O–H groups in total. The number of amidine groups is 1. The number of rotatable bonds is 6. The van der Waals surface area contributed by atoms with Crippen LogP contribution >= 0.6 is 11.8 Å². The molecule has 2 aromatic carbocycles. The Bertz CT molecular complexity index is 1380. The number of benzene rings is 2. The summed E-state index contributed by atoms with van der Waals surface area (Å²) in [4.78, 5) is 4.21. The summed E-state index contributed by atoms with van der Waals surface area (Å²) >= 11 is 1.38. The van der Waals surface area contributed by atoms with Crippen LogP contribution in [-0.4, -0.2) is 26.1 Å². The largest absolute Gasteiger partial charge is 0.439 e. The number of hydrogen-bond acceptors (Lipinski definition) is 6. The summed E-state index contributed by atoms with van der Waals surface area (Å²) in [5.41, 5.74) is 7.22. The Morgan fingerprint density at radius 2 is 1.86 bits per heavy atom. The predicted molar refractivity (Wildman–Crippen MR) is 132 cm³/mol. The summed E-state index contributed by atoms with van der Waals surface area (Å²) in [6.07, 6.45) is -3.06. The molecule has 4 rings (SSSR count). The van der Waals surface area contributed by atoms with Gasteiger partial charge >= 0.3 is 6.18 Å². The Labute approximate surface area is 203 Å². The molecule has 11 heteroatoms. The molecule has 0 aliphatic heterocycles. The molecule has 4 aromatic rings. The van der Waals surface area contributed by atoms with Gasteiger partial charge in [0.05, 0.1) is 22.9 Å². The Balaban J connectivity index is 1.44. The summed E-state index contributed by atoms with van der Waals surface area (Å²) in [6, 6.07) is 17.3. The lowest BCUT2D eigenvalue weighted by Gasteiger charge is -2.11. The average molecular weight is 499 g/mol. The normalized spacial score (nSPS) is 12.5. The molecule has 2 heterocycles. The third-order valence-corrected chi connectivity index (χ3v) is 5.80. The molecule has 0 saturated carbocycles. The number of hydrogen-bond donors (Lipinski definition) is 1. The highest BCUT2D eigenvalue weighted by Gasteiger charge is 2.35. The highest BCUT2D eigenvalue weighted by atomic mass is 32.2. The van der Waals surface area contributed by atoms with Gasteiger partial charge in [0.2, 0.25) is 5.88 Å². The van der Waals surface area contributed by atoms with Crippen LogP contribution in [0, 0.1) is 6.92 Å². The van der Waals surface area contributed by atoms with Crippen molar-refractivity contribution in [3.8, 4) is 11.6 Å². The fourth-order valence-corrected chi connectivity index (χ4v) is 3.97. The molecule has 0 spiro atoms. The van der Waals surface area contributed by atoms with Gasteiger partial charge in [-0.15, -0.1) is 5.10 Å². The second kappa shape index (κ2) is 10.2. The second-order valence-corrected chi connectivity index (χ2v) is 8.54. The fraction of sp³-hybridized carbons (Fsp3) is 0.167. The average Bonchev–Trinajstić information content (AvgIpc) is 3.11. The van der Waals surface area contributed by atoms with E-state index >= 15 is 0 Å². The van der Waals surface area contributed by atoms with Crippen molar-refractivity contribution in [2.75, 3.05) is 0 Å². The van der Waals surface area contributed by atoms with E-state index in [2.05, 4.69) is 20.3 Å². The maximum Gasteiger partial charge on any atom is 0.417 e. The quantitative estimate of drug-likeness (QED) is 0.210. The molecule has 7 nitrogen and oxygen atoms in total. The van der Waals surface area contributed by atoms with Gasteiger partial charge < -0.3 is 10.5 Å². The standard InChI is InChI=1S/C24H21F3N6OS/c1-15-21-19(24(25,26)27)12-20(30-22(21)33(2)32-15)34-18-10-8-16(9-11-18)13-29-31-23(28)35-14-17-6-4-3-5-7-17/h3-13H,14H2,1-2H3,(H2,28,31). The Kier molecular flexibility index (Phi) is 7.06. The first kappa shape index (κ1) is 24.3. The maximum atomic E-state index is 13.6. The summed E-state index contributed by atoms with van der Waals surface area (Å²) < 4.78 is 47.8. The number of thioether (sulfide) groups is 1. The Morgan fingerprint density at radius 1 is 1.14 bits per heavy atom. The lowest BCUT2D eigenvalue weighted by molar-refractivity contribution is -0.136. The molecule has 0 bridgehead atoms. The number of ether oxygens (including phenoxy) is 1. The van der Waals surface area contributed by atoms with Crippen LogP contribution in [-0.2, 0) is 19.0 Å². The van der Waals surface area contributed by atoms with E-state index in [-0.39, 0.29) is 22.6 Å². The van der Waals surface area contributed by atoms with Crippen molar-refractivity contribution < 1.29 is 17.9 Å². The van der Waals surface area contributed by atoms with Crippen molar-refractivity contribution in [2.24, 2.45) is 23.0 Å². The van der Waals surface area contributed by atoms with Gasteiger partial charge in [-0.05, 0) is 42.3 Å². The number of alkyl halides is 3. The van der Waals surface area contributed by atoms with Gasteiger partial charge in [-0.1, -0.05) is 42.1 Å². The minimum Gasteiger partial charge on any atom is -0.439 e. The second-order valence-electron chi connectivity index (χ2n) is 7.54. The van der Waals surface area contributed by atoms with Gasteiger partial charge in [0.1, 0.15) is 5.75 Å². The zero-order valence-corrected chi connectivity index (χ0v) is 19.6. The first-order valence-electron chi connectivity index (χ1n) is 10.4. The van der Waals surface area contributed by atoms with Crippen molar-refractivity contribution in [3.05, 3.63) is 83.0 Å². The number of nitrogens with zero attached hydrogens (tertiary/aromatic N) is 5. The molecule has 0 fully saturated rings. The summed E-state index contributed by atoms with van der Waals surface area (Å²) in [6.45, 7) is 1.51. The van der Waals surface area contributed by atoms with Crippen LogP contribution in [0.25, 0.3) is 11.0 Å². The van der Waals surface area contributed by atoms with E-state index in [9.17, 15) is 13.2 Å².